The Morgan fingerprint density at radius 2 is 1.73 bits per heavy atom. The van der Waals surface area contributed by atoms with Crippen molar-refractivity contribution in [2.24, 2.45) is 5.92 Å². The monoisotopic (exact) mass is 619 g/mol. The molecule has 3 unspecified atom stereocenters. The van der Waals surface area contributed by atoms with Gasteiger partial charge in [-0.15, -0.1) is 6.58 Å². The molecule has 248 valence electrons. The first-order valence-corrected chi connectivity index (χ1v) is 15.0. The lowest BCUT2D eigenvalue weighted by molar-refractivity contribution is -0.188. The Kier molecular flexibility index (Phi) is 19.5. The number of likely N-dealkylation sites (N-methyl/N-ethyl adjacent to an activating group) is 1. The van der Waals surface area contributed by atoms with E-state index in [0.29, 0.717) is 24.9 Å². The predicted molar refractivity (Wildman–Crippen MR) is 170 cm³/mol. The Morgan fingerprint density at radius 1 is 1.05 bits per heavy atom. The van der Waals surface area contributed by atoms with Crippen molar-refractivity contribution in [1.82, 2.24) is 15.3 Å². The van der Waals surface area contributed by atoms with E-state index in [2.05, 4.69) is 32.7 Å². The van der Waals surface area contributed by atoms with E-state index in [1.807, 2.05) is 19.1 Å². The zero-order chi connectivity index (χ0) is 33.8. The molecule has 11 heteroatoms. The maximum Gasteiger partial charge on any atom is 0.356 e. The summed E-state index contributed by atoms with van der Waals surface area (Å²) in [6.45, 7) is 14.8. The number of hydrogen-bond acceptors (Lipinski definition) is 8. The molecular formula is C33H53N3O8. The maximum atomic E-state index is 12.7. The summed E-state index contributed by atoms with van der Waals surface area (Å²) in [7, 11) is 4.60. The van der Waals surface area contributed by atoms with Crippen LogP contribution in [-0.2, 0) is 38.3 Å². The van der Waals surface area contributed by atoms with E-state index in [0.717, 1.165) is 36.5 Å². The molecule has 0 aromatic rings. The summed E-state index contributed by atoms with van der Waals surface area (Å²) in [4.78, 5) is 65.9. The van der Waals surface area contributed by atoms with Crippen LogP contribution >= 0.6 is 0 Å². The Bertz CT molecular complexity index is 1050. The largest absolute Gasteiger partial charge is 0.378 e. The van der Waals surface area contributed by atoms with Crippen molar-refractivity contribution in [3.63, 3.8) is 0 Å². The standard InChI is InChI=1S/C33H53N3O8/c1-10-27(33(6,13-4)43-23-19-32(5,12-3)42-9)17-14-16-26(25-31(41)44-36(8)29(39)11-2)24-28(38)34-20-21-35(7)30(40)18-15-22-37/h10,14-16,18,22,25,27H,1,11-13,17,19-21,23-24H2,2-9H3,(H,34,38)/b16-14+,18-15-,26-25-. The summed E-state index contributed by atoms with van der Waals surface area (Å²) >= 11 is 0. The van der Waals surface area contributed by atoms with E-state index in [1.54, 1.807) is 27.2 Å². The summed E-state index contributed by atoms with van der Waals surface area (Å²) in [6, 6.07) is 0. The SMILES string of the molecule is C=CC(C/C=C/C(=C/C(=O)ON(C)C(=O)CC)CC(=O)NCCN(C)C(=O)/C=C\C=O)C(C)(CC)OCCC(C)(CC)OC. The maximum absolute atomic E-state index is 12.7. The molecule has 0 rings (SSSR count). The molecule has 0 spiro atoms. The van der Waals surface area contributed by atoms with Crippen LogP contribution in [0.2, 0.25) is 0 Å². The van der Waals surface area contributed by atoms with E-state index >= 15 is 0 Å². The van der Waals surface area contributed by atoms with Crippen LogP contribution in [0.15, 0.2) is 48.6 Å². The highest BCUT2D eigenvalue weighted by atomic mass is 16.7. The molecule has 3 atom stereocenters. The predicted octanol–water partition coefficient (Wildman–Crippen LogP) is 4.10. The zero-order valence-electron chi connectivity index (χ0n) is 27.9. The second-order valence-electron chi connectivity index (χ2n) is 10.9. The Balaban J connectivity index is 5.65. The van der Waals surface area contributed by atoms with Gasteiger partial charge in [-0.3, -0.25) is 19.2 Å². The average molecular weight is 620 g/mol. The van der Waals surface area contributed by atoms with Gasteiger partial charge in [0, 0.05) is 58.8 Å². The smallest absolute Gasteiger partial charge is 0.356 e. The highest BCUT2D eigenvalue weighted by molar-refractivity contribution is 5.91. The molecule has 0 bridgehead atoms. The molecule has 3 amide bonds. The zero-order valence-corrected chi connectivity index (χ0v) is 27.9. The summed E-state index contributed by atoms with van der Waals surface area (Å²) in [5, 5.41) is 3.58. The van der Waals surface area contributed by atoms with Gasteiger partial charge in [-0.05, 0) is 51.2 Å². The number of carbonyl (C=O) groups is 5. The second-order valence-corrected chi connectivity index (χ2v) is 10.9. The van der Waals surface area contributed by atoms with E-state index in [1.165, 1.54) is 18.0 Å². The van der Waals surface area contributed by atoms with Crippen molar-refractivity contribution < 1.29 is 38.3 Å². The molecule has 0 saturated carbocycles. The molecular weight excluding hydrogens is 566 g/mol. The fourth-order valence-corrected chi connectivity index (χ4v) is 4.07. The van der Waals surface area contributed by atoms with Crippen LogP contribution in [0.4, 0.5) is 0 Å². The van der Waals surface area contributed by atoms with E-state index in [9.17, 15) is 24.0 Å². The summed E-state index contributed by atoms with van der Waals surface area (Å²) in [6.07, 6.45) is 12.2. The molecule has 0 radical (unpaired) electrons. The van der Waals surface area contributed by atoms with Gasteiger partial charge in [0.05, 0.1) is 24.2 Å². The van der Waals surface area contributed by atoms with Gasteiger partial charge in [0.2, 0.25) is 11.8 Å². The minimum Gasteiger partial charge on any atom is -0.378 e. The van der Waals surface area contributed by atoms with Gasteiger partial charge in [0.1, 0.15) is 6.29 Å². The van der Waals surface area contributed by atoms with Gasteiger partial charge in [-0.1, -0.05) is 39.0 Å². The van der Waals surface area contributed by atoms with Crippen LogP contribution in [0.3, 0.4) is 0 Å². The lowest BCUT2D eigenvalue weighted by Gasteiger charge is -2.36. The van der Waals surface area contributed by atoms with Gasteiger partial charge in [-0.2, -0.15) is 5.06 Å². The lowest BCUT2D eigenvalue weighted by atomic mass is 9.83. The number of carbonyl (C=O) groups excluding carboxylic acids is 5. The van der Waals surface area contributed by atoms with Crippen molar-refractivity contribution >= 4 is 30.0 Å². The molecule has 44 heavy (non-hydrogen) atoms. The van der Waals surface area contributed by atoms with Gasteiger partial charge in [0.15, 0.2) is 0 Å². The summed E-state index contributed by atoms with van der Waals surface area (Å²) < 4.78 is 12.0. The van der Waals surface area contributed by atoms with Gasteiger partial charge >= 0.3 is 5.97 Å². The second kappa shape index (κ2) is 21.2. The summed E-state index contributed by atoms with van der Waals surface area (Å²) in [5.74, 6) is -1.99. The van der Waals surface area contributed by atoms with Crippen LogP contribution in [0.25, 0.3) is 0 Å². The number of methoxy groups -OCH3 is 1. The number of rotatable bonds is 21. The minimum absolute atomic E-state index is 0.0594. The van der Waals surface area contributed by atoms with Crippen LogP contribution in [0.1, 0.15) is 73.1 Å². The van der Waals surface area contributed by atoms with Crippen LogP contribution < -0.4 is 5.32 Å². The molecule has 0 fully saturated rings. The quantitative estimate of drug-likeness (QED) is 0.0668. The van der Waals surface area contributed by atoms with Crippen molar-refractivity contribution in [3.05, 3.63) is 48.6 Å². The number of hydroxylamine groups is 2. The average Bonchev–Trinajstić information content (AvgIpc) is 3.00. The van der Waals surface area contributed by atoms with Crippen LogP contribution in [0, 0.1) is 5.92 Å². The molecule has 1 N–H and O–H groups in total. The number of ether oxygens (including phenoxy) is 2. The van der Waals surface area contributed by atoms with E-state index < -0.39 is 11.6 Å². The number of nitrogens with one attached hydrogen (secondary N) is 1. The van der Waals surface area contributed by atoms with Crippen molar-refractivity contribution in [2.45, 2.75) is 84.3 Å². The molecule has 0 aromatic heterocycles. The Labute approximate surface area is 263 Å². The third-order valence-electron chi connectivity index (χ3n) is 7.81. The number of nitrogens with zero attached hydrogens (tertiary/aromatic N) is 2. The molecule has 0 aliphatic carbocycles. The molecule has 0 saturated heterocycles. The fourth-order valence-electron chi connectivity index (χ4n) is 4.07. The molecule has 0 aliphatic heterocycles. The third-order valence-corrected chi connectivity index (χ3v) is 7.81. The van der Waals surface area contributed by atoms with Gasteiger partial charge in [-0.25, -0.2) is 4.79 Å². The molecule has 0 aliphatic rings. The molecule has 11 nitrogen and oxygen atoms in total. The van der Waals surface area contributed by atoms with Crippen LogP contribution in [0.5, 0.6) is 0 Å². The van der Waals surface area contributed by atoms with Crippen LogP contribution in [-0.4, -0.2) is 92.0 Å². The Morgan fingerprint density at radius 3 is 2.27 bits per heavy atom. The van der Waals surface area contributed by atoms with E-state index in [-0.39, 0.29) is 55.2 Å². The number of amides is 3. The third kappa shape index (κ3) is 15.2. The molecule has 0 aromatic carbocycles. The highest BCUT2D eigenvalue weighted by Gasteiger charge is 2.32. The van der Waals surface area contributed by atoms with Crippen molar-refractivity contribution in [2.75, 3.05) is 40.9 Å². The first kappa shape index (κ1) is 40.4. The number of aldehydes is 1. The Hall–Kier alpha value is -3.57. The number of hydrogen-bond donors (Lipinski definition) is 1. The van der Waals surface area contributed by atoms with Gasteiger partial charge in [0.25, 0.3) is 5.91 Å². The first-order valence-electron chi connectivity index (χ1n) is 15.0. The van der Waals surface area contributed by atoms with Crippen molar-refractivity contribution in [1.29, 1.82) is 0 Å². The number of allylic oxidation sites excluding steroid dienone is 3. The van der Waals surface area contributed by atoms with Crippen molar-refractivity contribution in [3.8, 4) is 0 Å². The fraction of sp³-hybridized carbons (Fsp3) is 0.606. The summed E-state index contributed by atoms with van der Waals surface area (Å²) in [5.41, 5.74) is -0.396. The lowest BCUT2D eigenvalue weighted by Crippen LogP contribution is -2.38. The first-order chi connectivity index (χ1) is 20.7. The van der Waals surface area contributed by atoms with Gasteiger partial charge < -0.3 is 24.5 Å². The minimum atomic E-state index is -0.798. The highest BCUT2D eigenvalue weighted by Crippen LogP contribution is 2.31. The van der Waals surface area contributed by atoms with E-state index in [4.69, 9.17) is 14.3 Å². The molecule has 0 heterocycles. The topological polar surface area (TPSA) is 132 Å². The normalized spacial score (nSPS) is 15.2.